The van der Waals surface area contributed by atoms with Gasteiger partial charge in [0.2, 0.25) is 12.8 Å². The highest BCUT2D eigenvalue weighted by molar-refractivity contribution is 6.09. The summed E-state index contributed by atoms with van der Waals surface area (Å²) >= 11 is 0. The van der Waals surface area contributed by atoms with Crippen LogP contribution in [0.5, 0.6) is 0 Å². The van der Waals surface area contributed by atoms with Gasteiger partial charge in [-0.15, -0.1) is 0 Å². The molecule has 2 N–H and O–H groups in total. The van der Waals surface area contributed by atoms with Crippen LogP contribution in [0.3, 0.4) is 0 Å². The van der Waals surface area contributed by atoms with Gasteiger partial charge in [-0.25, -0.2) is 0 Å². The molecule has 0 unspecified atom stereocenters. The zero-order valence-electron chi connectivity index (χ0n) is 6.36. The summed E-state index contributed by atoms with van der Waals surface area (Å²) in [7, 11) is 0. The first-order valence-corrected chi connectivity index (χ1v) is 3.06. The molecule has 0 atom stereocenters. The maximum Gasteiger partial charge on any atom is 0.207 e. The Morgan fingerprint density at radius 2 is 1.08 bits per heavy atom. The van der Waals surface area contributed by atoms with Crippen LogP contribution in [-0.4, -0.2) is 38.5 Å². The van der Waals surface area contributed by atoms with Gasteiger partial charge in [0.1, 0.15) is 0 Å². The van der Waals surface area contributed by atoms with Crippen molar-refractivity contribution in [1.29, 1.82) is 0 Å². The number of aldehydes is 2. The number of rotatable bonds is 6. The van der Waals surface area contributed by atoms with E-state index in [-0.39, 0.29) is 12.6 Å². The first-order chi connectivity index (χ1) is 5.83. The monoisotopic (exact) mass is 174 g/mol. The molecule has 0 aliphatic carbocycles. The van der Waals surface area contributed by atoms with E-state index in [9.17, 15) is 9.59 Å². The van der Waals surface area contributed by atoms with Crippen molar-refractivity contribution in [2.24, 2.45) is 0 Å². The van der Waals surface area contributed by atoms with E-state index in [1.807, 2.05) is 0 Å². The van der Waals surface area contributed by atoms with Gasteiger partial charge in [0.15, 0.2) is 12.6 Å². The molecule has 0 aliphatic heterocycles. The average molecular weight is 174 g/mol. The standard InChI is InChI=1S/C4H8N2O2.C2H2O2/c7-3-5-1-2-6-4-8;3-1-2-4/h3-4H,1-2H2,(H,5,7)(H,6,8);1-2H. The molecule has 0 aromatic carbocycles. The van der Waals surface area contributed by atoms with E-state index >= 15 is 0 Å². The molecule has 68 valence electrons. The summed E-state index contributed by atoms with van der Waals surface area (Å²) in [4.78, 5) is 36.7. The molecule has 2 amide bonds. The second-order valence-corrected chi connectivity index (χ2v) is 1.42. The Balaban J connectivity index is 0. The third-order valence-corrected chi connectivity index (χ3v) is 0.636. The van der Waals surface area contributed by atoms with Crippen molar-refractivity contribution in [2.45, 2.75) is 0 Å². The normalized spacial score (nSPS) is 6.67. The fourth-order valence-electron chi connectivity index (χ4n) is 0.262. The molecule has 0 bridgehead atoms. The molecule has 12 heavy (non-hydrogen) atoms. The van der Waals surface area contributed by atoms with Gasteiger partial charge >= 0.3 is 0 Å². The zero-order valence-corrected chi connectivity index (χ0v) is 6.36. The number of carbonyl (C=O) groups is 4. The van der Waals surface area contributed by atoms with Gasteiger partial charge in [-0.2, -0.15) is 0 Å². The van der Waals surface area contributed by atoms with E-state index in [0.29, 0.717) is 25.9 Å². The highest BCUT2D eigenvalue weighted by Gasteiger charge is 1.77. The summed E-state index contributed by atoms with van der Waals surface area (Å²) < 4.78 is 0. The van der Waals surface area contributed by atoms with Crippen molar-refractivity contribution in [3.63, 3.8) is 0 Å². The van der Waals surface area contributed by atoms with Crippen LogP contribution < -0.4 is 10.6 Å². The lowest BCUT2D eigenvalue weighted by Gasteiger charge is -1.93. The van der Waals surface area contributed by atoms with Gasteiger partial charge in [-0.3, -0.25) is 19.2 Å². The average Bonchev–Trinajstić information content (AvgIpc) is 2.13. The van der Waals surface area contributed by atoms with E-state index in [1.54, 1.807) is 0 Å². The maximum atomic E-state index is 9.54. The molecule has 0 aromatic heterocycles. The van der Waals surface area contributed by atoms with Crippen LogP contribution in [-0.2, 0) is 19.2 Å². The van der Waals surface area contributed by atoms with E-state index in [1.165, 1.54) is 0 Å². The van der Waals surface area contributed by atoms with E-state index in [4.69, 9.17) is 9.59 Å². The van der Waals surface area contributed by atoms with Gasteiger partial charge in [-0.1, -0.05) is 0 Å². The largest absolute Gasteiger partial charge is 0.357 e. The lowest BCUT2D eigenvalue weighted by molar-refractivity contribution is -0.122. The molecule has 0 fully saturated rings. The third kappa shape index (κ3) is 24.0. The molecule has 6 heteroatoms. The second kappa shape index (κ2) is 16.1. The second-order valence-electron chi connectivity index (χ2n) is 1.42. The van der Waals surface area contributed by atoms with Crippen LogP contribution in [0.2, 0.25) is 0 Å². The smallest absolute Gasteiger partial charge is 0.207 e. The number of carbonyl (C=O) groups excluding carboxylic acids is 4. The molecule has 6 nitrogen and oxygen atoms in total. The highest BCUT2D eigenvalue weighted by Crippen LogP contribution is 1.47. The van der Waals surface area contributed by atoms with Crippen LogP contribution in [0.1, 0.15) is 0 Å². The van der Waals surface area contributed by atoms with Crippen molar-refractivity contribution in [1.82, 2.24) is 10.6 Å². The summed E-state index contributed by atoms with van der Waals surface area (Å²) in [6, 6.07) is 0. The predicted molar refractivity (Wildman–Crippen MR) is 40.3 cm³/mol. The van der Waals surface area contributed by atoms with Gasteiger partial charge in [0.05, 0.1) is 0 Å². The van der Waals surface area contributed by atoms with Gasteiger partial charge in [0.25, 0.3) is 0 Å². The van der Waals surface area contributed by atoms with E-state index < -0.39 is 0 Å². The zero-order chi connectivity index (χ0) is 9.66. The summed E-state index contributed by atoms with van der Waals surface area (Å²) in [6.07, 6.45) is 1.57. The Morgan fingerprint density at radius 3 is 1.25 bits per heavy atom. The van der Waals surface area contributed by atoms with Crippen molar-refractivity contribution in [2.75, 3.05) is 13.1 Å². The quantitative estimate of drug-likeness (QED) is 0.273. The Bertz CT molecular complexity index is 122. The fraction of sp³-hybridized carbons (Fsp3) is 0.333. The fourth-order valence-corrected chi connectivity index (χ4v) is 0.262. The van der Waals surface area contributed by atoms with Crippen LogP contribution >= 0.6 is 0 Å². The van der Waals surface area contributed by atoms with Crippen molar-refractivity contribution < 1.29 is 19.2 Å². The molecule has 0 saturated carbocycles. The van der Waals surface area contributed by atoms with Gasteiger partial charge in [-0.05, 0) is 0 Å². The molecule has 0 saturated heterocycles. The summed E-state index contributed by atoms with van der Waals surface area (Å²) in [5.74, 6) is 0. The summed E-state index contributed by atoms with van der Waals surface area (Å²) in [5.41, 5.74) is 0. The van der Waals surface area contributed by atoms with Crippen molar-refractivity contribution >= 4 is 25.4 Å². The molecule has 0 radical (unpaired) electrons. The SMILES string of the molecule is O=CC=O.O=CNCCNC=O. The van der Waals surface area contributed by atoms with Crippen LogP contribution in [0.4, 0.5) is 0 Å². The minimum Gasteiger partial charge on any atom is -0.357 e. The minimum atomic E-state index is 0.194. The Hall–Kier alpha value is -1.72. The molecular weight excluding hydrogens is 164 g/mol. The molecular formula is C6H10N2O4. The molecule has 0 rings (SSSR count). The lowest BCUT2D eigenvalue weighted by Crippen LogP contribution is -2.25. The molecule has 0 aromatic rings. The predicted octanol–water partition coefficient (Wildman–Crippen LogP) is -2.14. The molecule has 0 aliphatic rings. The minimum absolute atomic E-state index is 0.194. The Morgan fingerprint density at radius 1 is 0.750 bits per heavy atom. The molecule has 0 spiro atoms. The number of nitrogens with one attached hydrogen (secondary N) is 2. The first-order valence-electron chi connectivity index (χ1n) is 3.06. The van der Waals surface area contributed by atoms with Gasteiger partial charge in [0, 0.05) is 13.1 Å². The third-order valence-electron chi connectivity index (χ3n) is 0.636. The van der Waals surface area contributed by atoms with Crippen LogP contribution in [0, 0.1) is 0 Å². The number of hydrogen-bond donors (Lipinski definition) is 2. The van der Waals surface area contributed by atoms with Crippen LogP contribution in [0.15, 0.2) is 0 Å². The van der Waals surface area contributed by atoms with Crippen LogP contribution in [0.25, 0.3) is 0 Å². The van der Waals surface area contributed by atoms with Crippen molar-refractivity contribution in [3.05, 3.63) is 0 Å². The first kappa shape index (κ1) is 12.9. The summed E-state index contributed by atoms with van der Waals surface area (Å²) in [5, 5.41) is 4.76. The Kier molecular flexibility index (Phi) is 17.4. The maximum absolute atomic E-state index is 9.54. The number of amides is 2. The van der Waals surface area contributed by atoms with E-state index in [0.717, 1.165) is 0 Å². The lowest BCUT2D eigenvalue weighted by atomic mass is 10.6. The highest BCUT2D eigenvalue weighted by atomic mass is 16.2. The topological polar surface area (TPSA) is 92.3 Å². The van der Waals surface area contributed by atoms with E-state index in [2.05, 4.69) is 10.6 Å². The molecule has 0 heterocycles. The summed E-state index contributed by atoms with van der Waals surface area (Å²) in [6.45, 7) is 0.977. The van der Waals surface area contributed by atoms with Gasteiger partial charge < -0.3 is 10.6 Å². The van der Waals surface area contributed by atoms with Crippen molar-refractivity contribution in [3.8, 4) is 0 Å². The number of hydrogen-bond acceptors (Lipinski definition) is 4. The Labute approximate surface area is 69.3 Å².